The summed E-state index contributed by atoms with van der Waals surface area (Å²) in [6, 6.07) is 6.60. The van der Waals surface area contributed by atoms with E-state index in [9.17, 15) is 9.18 Å². The third-order valence-electron chi connectivity index (χ3n) is 2.42. The fraction of sp³-hybridized carbons (Fsp3) is 0.385. The third kappa shape index (κ3) is 4.42. The summed E-state index contributed by atoms with van der Waals surface area (Å²) >= 11 is 0. The first kappa shape index (κ1) is 14.0. The van der Waals surface area contributed by atoms with Gasteiger partial charge in [0, 0.05) is 19.4 Å². The standard InChI is InChI=1S/C13H15FN2O2/c1-18-12-5-4-10(9-11(12)14)6-8-16-13(17)3-2-7-15/h4-5,9H,2-3,6,8H2,1H3,(H,16,17). The number of hydrogen-bond acceptors (Lipinski definition) is 3. The number of hydrogen-bond donors (Lipinski definition) is 1. The van der Waals surface area contributed by atoms with Crippen LogP contribution in [0.2, 0.25) is 0 Å². The van der Waals surface area contributed by atoms with Gasteiger partial charge in [-0.1, -0.05) is 6.07 Å². The zero-order valence-corrected chi connectivity index (χ0v) is 10.2. The average Bonchev–Trinajstić information content (AvgIpc) is 2.36. The van der Waals surface area contributed by atoms with Gasteiger partial charge >= 0.3 is 0 Å². The predicted octanol–water partition coefficient (Wildman–Crippen LogP) is 1.80. The second-order valence-corrected chi connectivity index (χ2v) is 3.73. The van der Waals surface area contributed by atoms with E-state index in [0.717, 1.165) is 5.56 Å². The molecule has 4 nitrogen and oxygen atoms in total. The molecule has 1 N–H and O–H groups in total. The van der Waals surface area contributed by atoms with Crippen molar-refractivity contribution in [2.75, 3.05) is 13.7 Å². The smallest absolute Gasteiger partial charge is 0.221 e. The van der Waals surface area contributed by atoms with Crippen LogP contribution in [-0.2, 0) is 11.2 Å². The molecule has 1 aromatic carbocycles. The van der Waals surface area contributed by atoms with Crippen LogP contribution < -0.4 is 10.1 Å². The van der Waals surface area contributed by atoms with Crippen LogP contribution in [0.25, 0.3) is 0 Å². The van der Waals surface area contributed by atoms with Crippen molar-refractivity contribution in [3.05, 3.63) is 29.6 Å². The number of benzene rings is 1. The molecule has 1 aromatic rings. The molecule has 0 atom stereocenters. The maximum atomic E-state index is 13.4. The Labute approximate surface area is 105 Å². The molecule has 0 radical (unpaired) electrons. The van der Waals surface area contributed by atoms with Gasteiger partial charge in [0.25, 0.3) is 0 Å². The Morgan fingerprint density at radius 2 is 2.33 bits per heavy atom. The highest BCUT2D eigenvalue weighted by Crippen LogP contribution is 2.17. The largest absolute Gasteiger partial charge is 0.494 e. The molecule has 0 aliphatic rings. The number of carbonyl (C=O) groups is 1. The molecule has 1 rings (SSSR count). The first-order valence-electron chi connectivity index (χ1n) is 5.63. The molecule has 96 valence electrons. The SMILES string of the molecule is COc1ccc(CCNC(=O)CCC#N)cc1F. The Hall–Kier alpha value is -2.09. The van der Waals surface area contributed by atoms with Crippen molar-refractivity contribution in [2.45, 2.75) is 19.3 Å². The highest BCUT2D eigenvalue weighted by molar-refractivity contribution is 5.76. The Balaban J connectivity index is 2.38. The van der Waals surface area contributed by atoms with Gasteiger partial charge in [-0.3, -0.25) is 4.79 Å². The number of amides is 1. The van der Waals surface area contributed by atoms with Crippen LogP contribution in [0.5, 0.6) is 5.75 Å². The van der Waals surface area contributed by atoms with E-state index in [2.05, 4.69) is 5.32 Å². The van der Waals surface area contributed by atoms with Crippen LogP contribution in [0.4, 0.5) is 4.39 Å². The molecule has 0 aliphatic heterocycles. The van der Waals surface area contributed by atoms with Gasteiger partial charge in [-0.15, -0.1) is 0 Å². The van der Waals surface area contributed by atoms with E-state index in [1.165, 1.54) is 13.2 Å². The number of nitriles is 1. The molecule has 0 saturated heterocycles. The van der Waals surface area contributed by atoms with Gasteiger partial charge in [-0.25, -0.2) is 4.39 Å². The molecule has 0 bridgehead atoms. The molecule has 1 amide bonds. The second kappa shape index (κ2) is 7.28. The van der Waals surface area contributed by atoms with Gasteiger partial charge < -0.3 is 10.1 Å². The van der Waals surface area contributed by atoms with Gasteiger partial charge in [0.1, 0.15) is 0 Å². The van der Waals surface area contributed by atoms with Crippen molar-refractivity contribution >= 4 is 5.91 Å². The molecule has 5 heteroatoms. The summed E-state index contributed by atoms with van der Waals surface area (Å²) in [6.07, 6.45) is 0.954. The van der Waals surface area contributed by atoms with Crippen LogP contribution >= 0.6 is 0 Å². The first-order valence-corrected chi connectivity index (χ1v) is 5.63. The van der Waals surface area contributed by atoms with Gasteiger partial charge in [-0.2, -0.15) is 5.26 Å². The van der Waals surface area contributed by atoms with Crippen molar-refractivity contribution in [1.82, 2.24) is 5.32 Å². The molecular weight excluding hydrogens is 235 g/mol. The van der Waals surface area contributed by atoms with Crippen LogP contribution in [0.3, 0.4) is 0 Å². The summed E-state index contributed by atoms with van der Waals surface area (Å²) in [6.45, 7) is 0.427. The van der Waals surface area contributed by atoms with Crippen LogP contribution in [0.1, 0.15) is 18.4 Å². The maximum absolute atomic E-state index is 13.4. The fourth-order valence-electron chi connectivity index (χ4n) is 1.47. The lowest BCUT2D eigenvalue weighted by Gasteiger charge is -2.06. The zero-order chi connectivity index (χ0) is 13.4. The molecule has 0 aliphatic carbocycles. The maximum Gasteiger partial charge on any atom is 0.221 e. The number of nitrogens with zero attached hydrogens (tertiary/aromatic N) is 1. The highest BCUT2D eigenvalue weighted by atomic mass is 19.1. The number of nitrogens with one attached hydrogen (secondary N) is 1. The van der Waals surface area contributed by atoms with E-state index >= 15 is 0 Å². The Bertz CT molecular complexity index is 455. The zero-order valence-electron chi connectivity index (χ0n) is 10.2. The first-order chi connectivity index (χ1) is 8.67. The molecule has 0 unspecified atom stereocenters. The molecule has 0 spiro atoms. The van der Waals surface area contributed by atoms with Crippen LogP contribution in [-0.4, -0.2) is 19.6 Å². The molecule has 0 heterocycles. The van der Waals surface area contributed by atoms with E-state index < -0.39 is 5.82 Å². The lowest BCUT2D eigenvalue weighted by Crippen LogP contribution is -2.25. The normalized spacial score (nSPS) is 9.61. The molecule has 0 fully saturated rings. The van der Waals surface area contributed by atoms with E-state index in [1.54, 1.807) is 12.1 Å². The number of rotatable bonds is 6. The quantitative estimate of drug-likeness (QED) is 0.837. The van der Waals surface area contributed by atoms with Gasteiger partial charge in [0.15, 0.2) is 11.6 Å². The Morgan fingerprint density at radius 1 is 1.56 bits per heavy atom. The second-order valence-electron chi connectivity index (χ2n) is 3.73. The number of methoxy groups -OCH3 is 1. The van der Waals surface area contributed by atoms with Crippen molar-refractivity contribution in [1.29, 1.82) is 5.26 Å². The summed E-state index contributed by atoms with van der Waals surface area (Å²) in [5, 5.41) is 11.0. The Kier molecular flexibility index (Phi) is 5.65. The van der Waals surface area contributed by atoms with Gasteiger partial charge in [0.05, 0.1) is 13.2 Å². The van der Waals surface area contributed by atoms with E-state index in [4.69, 9.17) is 10.00 Å². The number of carbonyl (C=O) groups excluding carboxylic acids is 1. The summed E-state index contributed by atoms with van der Waals surface area (Å²) < 4.78 is 18.2. The van der Waals surface area contributed by atoms with E-state index in [0.29, 0.717) is 13.0 Å². The van der Waals surface area contributed by atoms with Crippen molar-refractivity contribution in [2.24, 2.45) is 0 Å². The van der Waals surface area contributed by atoms with E-state index in [1.807, 2.05) is 6.07 Å². The Morgan fingerprint density at radius 3 is 2.94 bits per heavy atom. The minimum atomic E-state index is -0.411. The predicted molar refractivity (Wildman–Crippen MR) is 64.5 cm³/mol. The number of halogens is 1. The van der Waals surface area contributed by atoms with Gasteiger partial charge in [-0.05, 0) is 24.1 Å². The minimum Gasteiger partial charge on any atom is -0.494 e. The summed E-state index contributed by atoms with van der Waals surface area (Å²) in [5.74, 6) is -0.367. The average molecular weight is 250 g/mol. The molecule has 18 heavy (non-hydrogen) atoms. The topological polar surface area (TPSA) is 62.1 Å². The fourth-order valence-corrected chi connectivity index (χ4v) is 1.47. The lowest BCUT2D eigenvalue weighted by atomic mass is 10.1. The molecule has 0 saturated carbocycles. The summed E-state index contributed by atoms with van der Waals surface area (Å²) in [5.41, 5.74) is 0.786. The molecule has 0 aromatic heterocycles. The van der Waals surface area contributed by atoms with Crippen molar-refractivity contribution in [3.63, 3.8) is 0 Å². The third-order valence-corrected chi connectivity index (χ3v) is 2.42. The van der Waals surface area contributed by atoms with Crippen LogP contribution in [0.15, 0.2) is 18.2 Å². The van der Waals surface area contributed by atoms with Crippen molar-refractivity contribution < 1.29 is 13.9 Å². The monoisotopic (exact) mass is 250 g/mol. The summed E-state index contributed by atoms with van der Waals surface area (Å²) in [7, 11) is 1.41. The minimum absolute atomic E-state index is 0.162. The van der Waals surface area contributed by atoms with Crippen LogP contribution in [0, 0.1) is 17.1 Å². The number of ether oxygens (including phenoxy) is 1. The van der Waals surface area contributed by atoms with E-state index in [-0.39, 0.29) is 24.5 Å². The molecular formula is C13H15FN2O2. The van der Waals surface area contributed by atoms with Gasteiger partial charge in [0.2, 0.25) is 5.91 Å². The summed E-state index contributed by atoms with van der Waals surface area (Å²) in [4.78, 5) is 11.2. The highest BCUT2D eigenvalue weighted by Gasteiger charge is 2.04. The lowest BCUT2D eigenvalue weighted by molar-refractivity contribution is -0.120. The van der Waals surface area contributed by atoms with Crippen molar-refractivity contribution in [3.8, 4) is 11.8 Å².